The van der Waals surface area contributed by atoms with E-state index in [2.05, 4.69) is 5.32 Å². The van der Waals surface area contributed by atoms with Gasteiger partial charge in [-0.15, -0.1) is 0 Å². The molecule has 2 aromatic rings. The van der Waals surface area contributed by atoms with Crippen LogP contribution < -0.4 is 10.7 Å². The third-order valence-corrected chi connectivity index (χ3v) is 5.39. The maximum Gasteiger partial charge on any atom is 0.266 e. The van der Waals surface area contributed by atoms with Gasteiger partial charge in [0.15, 0.2) is 0 Å². The predicted molar refractivity (Wildman–Crippen MR) is 108 cm³/mol. The average Bonchev–Trinajstić information content (AvgIpc) is 3.46. The minimum Gasteiger partial charge on any atom is -0.342 e. The van der Waals surface area contributed by atoms with E-state index in [9.17, 15) is 24.1 Å². The van der Waals surface area contributed by atoms with Gasteiger partial charge >= 0.3 is 0 Å². The molecule has 29 heavy (non-hydrogen) atoms. The maximum atomic E-state index is 14.9. The maximum absolute atomic E-state index is 14.9. The second-order valence-electron chi connectivity index (χ2n) is 7.24. The number of hydrogen-bond donors (Lipinski definition) is 2. The zero-order chi connectivity index (χ0) is 21.5. The molecule has 1 heterocycles. The standard InChI is InChI=1S/C19H20ClFN4O4/c1-9(23-2)5-14(22)16-13(21)6-11-18(17(16)20)24(10-3-4-10)7-12(19(11)27)15(26)8-25(28)29/h6-7,9-10,22-23H,3-5,8H2,1-2H3/t9-/m0/s1. The van der Waals surface area contributed by atoms with Crippen molar-refractivity contribution in [3.05, 3.63) is 54.6 Å². The molecule has 1 atom stereocenters. The molecule has 8 nitrogen and oxygen atoms in total. The number of fused-ring (bicyclic) bond motifs is 1. The second kappa shape index (κ2) is 8.00. The molecule has 10 heteroatoms. The van der Waals surface area contributed by atoms with E-state index in [1.54, 1.807) is 11.6 Å². The van der Waals surface area contributed by atoms with Gasteiger partial charge in [-0.05, 0) is 32.9 Å². The fourth-order valence-corrected chi connectivity index (χ4v) is 3.67. The molecule has 1 aliphatic rings. The van der Waals surface area contributed by atoms with E-state index in [-0.39, 0.29) is 51.3 Å². The van der Waals surface area contributed by atoms with Crippen molar-refractivity contribution in [2.24, 2.45) is 0 Å². The molecular weight excluding hydrogens is 403 g/mol. The summed E-state index contributed by atoms with van der Waals surface area (Å²) < 4.78 is 16.5. The summed E-state index contributed by atoms with van der Waals surface area (Å²) in [5, 5.41) is 21.8. The van der Waals surface area contributed by atoms with Crippen LogP contribution in [0.1, 0.15) is 48.1 Å². The van der Waals surface area contributed by atoms with Gasteiger partial charge in [-0.2, -0.15) is 0 Å². The summed E-state index contributed by atoms with van der Waals surface area (Å²) in [6.07, 6.45) is 3.06. The lowest BCUT2D eigenvalue weighted by atomic mass is 9.99. The van der Waals surface area contributed by atoms with Crippen LogP contribution >= 0.6 is 11.6 Å². The largest absolute Gasteiger partial charge is 0.342 e. The van der Waals surface area contributed by atoms with Gasteiger partial charge in [0.1, 0.15) is 5.82 Å². The average molecular weight is 423 g/mol. The molecule has 154 valence electrons. The molecule has 3 rings (SSSR count). The summed E-state index contributed by atoms with van der Waals surface area (Å²) in [5.74, 6) is -1.78. The zero-order valence-corrected chi connectivity index (χ0v) is 16.7. The van der Waals surface area contributed by atoms with Gasteiger partial charge < -0.3 is 15.3 Å². The Labute approximate surface area is 170 Å². The minimum absolute atomic E-state index is 0.0143. The highest BCUT2D eigenvalue weighted by Crippen LogP contribution is 2.40. The molecule has 1 fully saturated rings. The lowest BCUT2D eigenvalue weighted by Crippen LogP contribution is -2.26. The van der Waals surface area contributed by atoms with Crippen LogP contribution in [0.2, 0.25) is 5.02 Å². The predicted octanol–water partition coefficient (Wildman–Crippen LogP) is 2.95. The van der Waals surface area contributed by atoms with Crippen molar-refractivity contribution in [2.45, 2.75) is 38.3 Å². The number of aromatic nitrogens is 1. The third-order valence-electron chi connectivity index (χ3n) is 5.03. The van der Waals surface area contributed by atoms with E-state index in [1.807, 2.05) is 6.92 Å². The van der Waals surface area contributed by atoms with Crippen LogP contribution in [0.5, 0.6) is 0 Å². The second-order valence-corrected chi connectivity index (χ2v) is 7.62. The summed E-state index contributed by atoms with van der Waals surface area (Å²) in [4.78, 5) is 34.9. The number of halogens is 2. The van der Waals surface area contributed by atoms with Crippen LogP contribution in [0.15, 0.2) is 17.1 Å². The number of pyridine rings is 1. The van der Waals surface area contributed by atoms with E-state index in [0.717, 1.165) is 18.9 Å². The Balaban J connectivity index is 2.25. The SMILES string of the molecule is CN[C@@H](C)CC(=N)c1c(F)cc2c(=O)c(C(=O)C[N+](=O)[O-])cn(C3CC3)c2c1Cl. The lowest BCUT2D eigenvalue weighted by Gasteiger charge is -2.18. The summed E-state index contributed by atoms with van der Waals surface area (Å²) in [6.45, 7) is 0.820. The van der Waals surface area contributed by atoms with Crippen molar-refractivity contribution in [3.8, 4) is 0 Å². The van der Waals surface area contributed by atoms with Crippen LogP contribution in [0.4, 0.5) is 4.39 Å². The molecule has 1 aromatic heterocycles. The Morgan fingerprint density at radius 2 is 2.17 bits per heavy atom. The molecule has 1 aliphatic carbocycles. The molecule has 0 amide bonds. The molecule has 0 aliphatic heterocycles. The van der Waals surface area contributed by atoms with Crippen molar-refractivity contribution in [1.82, 2.24) is 9.88 Å². The van der Waals surface area contributed by atoms with Crippen LogP contribution in [-0.4, -0.2) is 40.6 Å². The summed E-state index contributed by atoms with van der Waals surface area (Å²) >= 11 is 6.48. The van der Waals surface area contributed by atoms with Crippen LogP contribution in [0.25, 0.3) is 10.9 Å². The van der Waals surface area contributed by atoms with Gasteiger partial charge in [0.05, 0.1) is 27.1 Å². The topological polar surface area (TPSA) is 118 Å². The van der Waals surface area contributed by atoms with Gasteiger partial charge in [-0.3, -0.25) is 19.7 Å². The number of ketones is 1. The van der Waals surface area contributed by atoms with Crippen LogP contribution in [-0.2, 0) is 0 Å². The Kier molecular flexibility index (Phi) is 5.81. The number of carbonyl (C=O) groups is 1. The monoisotopic (exact) mass is 422 g/mol. The molecule has 0 spiro atoms. The highest BCUT2D eigenvalue weighted by Gasteiger charge is 2.30. The van der Waals surface area contributed by atoms with Crippen molar-refractivity contribution in [1.29, 1.82) is 5.41 Å². The van der Waals surface area contributed by atoms with Crippen molar-refractivity contribution in [2.75, 3.05) is 13.6 Å². The first kappa shape index (κ1) is 21.1. The van der Waals surface area contributed by atoms with Crippen molar-refractivity contribution in [3.63, 3.8) is 0 Å². The van der Waals surface area contributed by atoms with Gasteiger partial charge in [-0.1, -0.05) is 11.6 Å². The number of carbonyl (C=O) groups excluding carboxylic acids is 1. The molecule has 1 aromatic carbocycles. The van der Waals surface area contributed by atoms with Gasteiger partial charge in [0.2, 0.25) is 11.2 Å². The summed E-state index contributed by atoms with van der Waals surface area (Å²) in [5.41, 5.74) is -1.01. The quantitative estimate of drug-likeness (QED) is 0.293. The Bertz CT molecular complexity index is 1090. The first-order valence-corrected chi connectivity index (χ1v) is 9.50. The van der Waals surface area contributed by atoms with Crippen molar-refractivity contribution < 1.29 is 14.1 Å². The number of rotatable bonds is 8. The molecule has 0 saturated heterocycles. The first-order valence-electron chi connectivity index (χ1n) is 9.12. The van der Waals surface area contributed by atoms with E-state index < -0.39 is 28.5 Å². The Morgan fingerprint density at radius 1 is 1.52 bits per heavy atom. The molecule has 1 saturated carbocycles. The number of nitrogens with one attached hydrogen (secondary N) is 2. The van der Waals surface area contributed by atoms with E-state index in [4.69, 9.17) is 17.0 Å². The van der Waals surface area contributed by atoms with E-state index in [1.165, 1.54) is 6.20 Å². The van der Waals surface area contributed by atoms with Gasteiger partial charge in [-0.25, -0.2) is 4.39 Å². The fourth-order valence-electron chi connectivity index (χ4n) is 3.27. The van der Waals surface area contributed by atoms with E-state index in [0.29, 0.717) is 0 Å². The normalized spacial score (nSPS) is 14.8. The smallest absolute Gasteiger partial charge is 0.266 e. The van der Waals surface area contributed by atoms with Crippen LogP contribution in [0.3, 0.4) is 0 Å². The first-order chi connectivity index (χ1) is 13.6. The number of Topliss-reactive ketones (excluding diaryl/α,β-unsaturated/α-hetero) is 1. The third kappa shape index (κ3) is 4.06. The number of benzene rings is 1. The number of nitrogens with zero attached hydrogens (tertiary/aromatic N) is 2. The highest BCUT2D eigenvalue weighted by molar-refractivity contribution is 6.38. The molecule has 0 bridgehead atoms. The molecule has 2 N–H and O–H groups in total. The summed E-state index contributed by atoms with van der Waals surface area (Å²) in [7, 11) is 1.73. The van der Waals surface area contributed by atoms with Gasteiger partial charge in [0.25, 0.3) is 6.54 Å². The molecule has 0 radical (unpaired) electrons. The fraction of sp³-hybridized carbons (Fsp3) is 0.421. The van der Waals surface area contributed by atoms with Crippen LogP contribution in [0, 0.1) is 21.3 Å². The lowest BCUT2D eigenvalue weighted by molar-refractivity contribution is -0.465. The van der Waals surface area contributed by atoms with Crippen molar-refractivity contribution >= 4 is 34.0 Å². The Hall–Kier alpha value is -2.65. The van der Waals surface area contributed by atoms with Gasteiger partial charge in [0, 0.05) is 35.3 Å². The summed E-state index contributed by atoms with van der Waals surface area (Å²) in [6, 6.07) is 0.849. The van der Waals surface area contributed by atoms with E-state index >= 15 is 0 Å². The minimum atomic E-state index is -1.02. The number of nitro groups is 1. The Morgan fingerprint density at radius 3 is 2.72 bits per heavy atom. The highest BCUT2D eigenvalue weighted by atomic mass is 35.5. The number of hydrogen-bond acceptors (Lipinski definition) is 6. The molecule has 0 unspecified atom stereocenters. The molecular formula is C19H20ClFN4O4. The zero-order valence-electron chi connectivity index (χ0n) is 15.9.